The second-order valence-electron chi connectivity index (χ2n) is 5.44. The molecule has 0 aliphatic carbocycles. The van der Waals surface area contributed by atoms with Crippen molar-refractivity contribution in [3.8, 4) is 0 Å². The number of rotatable bonds is 7. The van der Waals surface area contributed by atoms with Crippen LogP contribution in [0.2, 0.25) is 0 Å². The first kappa shape index (κ1) is 15.7. The summed E-state index contributed by atoms with van der Waals surface area (Å²) in [6, 6.07) is 7.11. The molecule has 1 rings (SSSR count). The molecule has 18 heavy (non-hydrogen) atoms. The van der Waals surface area contributed by atoms with Gasteiger partial charge in [0.05, 0.1) is 0 Å². The van der Waals surface area contributed by atoms with E-state index >= 15 is 0 Å². The molecule has 0 amide bonds. The van der Waals surface area contributed by atoms with Crippen molar-refractivity contribution in [3.05, 3.63) is 33.8 Å². The molecule has 1 unspecified atom stereocenters. The highest BCUT2D eigenvalue weighted by atomic mass is 79.9. The Balaban J connectivity index is 2.70. The van der Waals surface area contributed by atoms with Crippen LogP contribution in [-0.4, -0.2) is 6.54 Å². The summed E-state index contributed by atoms with van der Waals surface area (Å²) in [5.74, 6) is 0.804. The van der Waals surface area contributed by atoms with Crippen molar-refractivity contribution in [2.24, 2.45) is 5.92 Å². The molecule has 0 heterocycles. The van der Waals surface area contributed by atoms with Crippen molar-refractivity contribution in [3.63, 3.8) is 0 Å². The van der Waals surface area contributed by atoms with Gasteiger partial charge >= 0.3 is 0 Å². The fourth-order valence-electron chi connectivity index (χ4n) is 2.37. The predicted octanol–water partition coefficient (Wildman–Crippen LogP) is 5.23. The largest absolute Gasteiger partial charge is 0.310 e. The van der Waals surface area contributed by atoms with Crippen molar-refractivity contribution in [1.82, 2.24) is 5.32 Å². The minimum absolute atomic E-state index is 0.502. The molecule has 0 bridgehead atoms. The summed E-state index contributed by atoms with van der Waals surface area (Å²) in [6.45, 7) is 10.0. The highest BCUT2D eigenvalue weighted by molar-refractivity contribution is 9.10. The van der Waals surface area contributed by atoms with Crippen LogP contribution in [0.25, 0.3) is 0 Å². The Hall–Kier alpha value is -0.340. The van der Waals surface area contributed by atoms with Crippen LogP contribution in [-0.2, 0) is 0 Å². The zero-order valence-electron chi connectivity index (χ0n) is 12.1. The Morgan fingerprint density at radius 2 is 1.94 bits per heavy atom. The average molecular weight is 312 g/mol. The number of aryl methyl sites for hydroxylation is 1. The van der Waals surface area contributed by atoms with E-state index in [4.69, 9.17) is 0 Å². The Morgan fingerprint density at radius 1 is 1.22 bits per heavy atom. The maximum absolute atomic E-state index is 3.62. The predicted molar refractivity (Wildman–Crippen MR) is 84.0 cm³/mol. The maximum Gasteiger partial charge on any atom is 0.0322 e. The van der Waals surface area contributed by atoms with Gasteiger partial charge in [0.25, 0.3) is 0 Å². The zero-order valence-corrected chi connectivity index (χ0v) is 13.7. The molecule has 0 spiro atoms. The molecule has 102 valence electrons. The topological polar surface area (TPSA) is 12.0 Å². The molecule has 2 heteroatoms. The lowest BCUT2D eigenvalue weighted by Crippen LogP contribution is -2.21. The van der Waals surface area contributed by atoms with Crippen LogP contribution >= 0.6 is 15.9 Å². The van der Waals surface area contributed by atoms with Gasteiger partial charge in [-0.15, -0.1) is 0 Å². The molecule has 0 saturated carbocycles. The van der Waals surface area contributed by atoms with Crippen molar-refractivity contribution < 1.29 is 0 Å². The highest BCUT2D eigenvalue weighted by Crippen LogP contribution is 2.26. The fourth-order valence-corrected chi connectivity index (χ4v) is 2.85. The van der Waals surface area contributed by atoms with E-state index < -0.39 is 0 Å². The molecule has 1 aromatic rings. The summed E-state index contributed by atoms with van der Waals surface area (Å²) in [4.78, 5) is 0. The van der Waals surface area contributed by atoms with Gasteiger partial charge in [-0.2, -0.15) is 0 Å². The molecular weight excluding hydrogens is 286 g/mol. The molecular formula is C16H26BrN. The summed E-state index contributed by atoms with van der Waals surface area (Å²) in [6.07, 6.45) is 3.84. The Bertz CT molecular complexity index is 360. The van der Waals surface area contributed by atoms with Gasteiger partial charge in [-0.25, -0.2) is 0 Å². The van der Waals surface area contributed by atoms with Crippen molar-refractivity contribution in [2.45, 2.75) is 53.0 Å². The standard InChI is InChI=1S/C16H26BrN/c1-5-18-16(8-6-7-12(2)3)15-10-9-14(17)11-13(15)4/h9-12,16,18H,5-8H2,1-4H3. The summed E-state index contributed by atoms with van der Waals surface area (Å²) >= 11 is 3.54. The SMILES string of the molecule is CCNC(CCCC(C)C)c1ccc(Br)cc1C. The summed E-state index contributed by atoms with van der Waals surface area (Å²) in [5.41, 5.74) is 2.82. The van der Waals surface area contributed by atoms with Gasteiger partial charge in [0.1, 0.15) is 0 Å². The molecule has 0 radical (unpaired) electrons. The second-order valence-corrected chi connectivity index (χ2v) is 6.35. The van der Waals surface area contributed by atoms with Gasteiger partial charge in [0.15, 0.2) is 0 Å². The molecule has 1 N–H and O–H groups in total. The minimum atomic E-state index is 0.502. The third-order valence-electron chi connectivity index (χ3n) is 3.33. The van der Waals surface area contributed by atoms with Crippen LogP contribution in [0.5, 0.6) is 0 Å². The lowest BCUT2D eigenvalue weighted by Gasteiger charge is -2.21. The molecule has 1 atom stereocenters. The molecule has 1 aromatic carbocycles. The number of hydrogen-bond donors (Lipinski definition) is 1. The Labute approximate surface area is 120 Å². The minimum Gasteiger partial charge on any atom is -0.310 e. The quantitative estimate of drug-likeness (QED) is 0.726. The molecule has 0 aliphatic rings. The third-order valence-corrected chi connectivity index (χ3v) is 3.83. The van der Waals surface area contributed by atoms with E-state index in [-0.39, 0.29) is 0 Å². The van der Waals surface area contributed by atoms with Crippen LogP contribution in [0.3, 0.4) is 0 Å². The number of nitrogens with one attached hydrogen (secondary N) is 1. The van der Waals surface area contributed by atoms with Crippen molar-refractivity contribution in [1.29, 1.82) is 0 Å². The molecule has 0 aromatic heterocycles. The smallest absolute Gasteiger partial charge is 0.0322 e. The van der Waals surface area contributed by atoms with E-state index in [1.165, 1.54) is 34.9 Å². The van der Waals surface area contributed by atoms with E-state index in [0.717, 1.165) is 12.5 Å². The van der Waals surface area contributed by atoms with Crippen molar-refractivity contribution >= 4 is 15.9 Å². The molecule has 1 nitrogen and oxygen atoms in total. The summed E-state index contributed by atoms with van der Waals surface area (Å²) < 4.78 is 1.17. The zero-order chi connectivity index (χ0) is 13.5. The molecule has 0 aliphatic heterocycles. The fraction of sp³-hybridized carbons (Fsp3) is 0.625. The van der Waals surface area contributed by atoms with E-state index in [1.807, 2.05) is 0 Å². The lowest BCUT2D eigenvalue weighted by atomic mass is 9.95. The lowest BCUT2D eigenvalue weighted by molar-refractivity contribution is 0.454. The van der Waals surface area contributed by atoms with Gasteiger partial charge in [-0.1, -0.05) is 55.6 Å². The van der Waals surface area contributed by atoms with Crippen LogP contribution in [0.4, 0.5) is 0 Å². The van der Waals surface area contributed by atoms with E-state index in [2.05, 4.69) is 67.1 Å². The van der Waals surface area contributed by atoms with Crippen LogP contribution in [0.15, 0.2) is 22.7 Å². The van der Waals surface area contributed by atoms with Crippen LogP contribution in [0, 0.1) is 12.8 Å². The van der Waals surface area contributed by atoms with Gasteiger partial charge < -0.3 is 5.32 Å². The van der Waals surface area contributed by atoms with Gasteiger partial charge in [0, 0.05) is 10.5 Å². The molecule has 0 saturated heterocycles. The van der Waals surface area contributed by atoms with Gasteiger partial charge in [0.2, 0.25) is 0 Å². The Morgan fingerprint density at radius 3 is 2.50 bits per heavy atom. The Kier molecular flexibility index (Phi) is 6.95. The van der Waals surface area contributed by atoms with Gasteiger partial charge in [-0.3, -0.25) is 0 Å². The van der Waals surface area contributed by atoms with E-state index in [9.17, 15) is 0 Å². The van der Waals surface area contributed by atoms with E-state index in [0.29, 0.717) is 6.04 Å². The van der Waals surface area contributed by atoms with Crippen LogP contribution in [0.1, 0.15) is 57.2 Å². The van der Waals surface area contributed by atoms with Gasteiger partial charge in [-0.05, 0) is 49.1 Å². The first-order chi connectivity index (χ1) is 8.54. The van der Waals surface area contributed by atoms with Crippen LogP contribution < -0.4 is 5.32 Å². The monoisotopic (exact) mass is 311 g/mol. The van der Waals surface area contributed by atoms with E-state index in [1.54, 1.807) is 0 Å². The number of benzene rings is 1. The molecule has 0 fully saturated rings. The first-order valence-corrected chi connectivity index (χ1v) is 7.83. The summed E-state index contributed by atoms with van der Waals surface area (Å²) in [5, 5.41) is 3.62. The normalized spacial score (nSPS) is 13.0. The average Bonchev–Trinajstić information content (AvgIpc) is 2.28. The number of hydrogen-bond acceptors (Lipinski definition) is 1. The third kappa shape index (κ3) is 5.11. The number of halogens is 1. The van der Waals surface area contributed by atoms with Crippen molar-refractivity contribution in [2.75, 3.05) is 6.54 Å². The second kappa shape index (κ2) is 7.96. The first-order valence-electron chi connectivity index (χ1n) is 7.04. The summed E-state index contributed by atoms with van der Waals surface area (Å²) in [7, 11) is 0. The maximum atomic E-state index is 3.62. The highest BCUT2D eigenvalue weighted by Gasteiger charge is 2.12.